The molecule has 14 rings (SSSR count). The average Bonchev–Trinajstić information content (AvgIpc) is 4.10. The standard InChI is InChI=1S/C66H56N2SSi/c1-3-24-51(25-4-1)70(52-26-5-2-6-27-52,65-38-18-33-58-57-32-10-14-37-64(57)69-66(58)65)53-28-17-23-50(44-53)68-62-36-13-9-31-56(62)59-43-48(39-40-63(59)68)46-20-15-19-45(41-46)47-21-16-22-49(42-47)67-60-34-11-7-29-54(60)55-30-8-12-35-61(55)67/h1-14,17-18,23-40,43-47,49H,15-16,19-22,41-42H2. The van der Waals surface area contributed by atoms with Gasteiger partial charge >= 0.3 is 0 Å². The molecule has 4 heteroatoms. The molecule has 2 aliphatic carbocycles. The topological polar surface area (TPSA) is 9.86 Å². The number of para-hydroxylation sites is 3. The van der Waals surface area contributed by atoms with Gasteiger partial charge in [-0.25, -0.2) is 0 Å². The van der Waals surface area contributed by atoms with E-state index in [0.29, 0.717) is 12.0 Å². The fourth-order valence-electron chi connectivity index (χ4n) is 14.0. The normalized spacial score (nSPS) is 19.0. The van der Waals surface area contributed by atoms with Gasteiger partial charge < -0.3 is 9.13 Å². The van der Waals surface area contributed by atoms with E-state index in [4.69, 9.17) is 0 Å². The van der Waals surface area contributed by atoms with E-state index in [-0.39, 0.29) is 0 Å². The zero-order valence-corrected chi connectivity index (χ0v) is 41.4. The Morgan fingerprint density at radius 1 is 0.400 bits per heavy atom. The van der Waals surface area contributed by atoms with Crippen molar-refractivity contribution in [2.75, 3.05) is 0 Å². The number of fused-ring (bicyclic) bond motifs is 9. The minimum absolute atomic E-state index is 0.558. The molecule has 2 fully saturated rings. The molecular weight excluding hydrogens is 881 g/mol. The van der Waals surface area contributed by atoms with Crippen LogP contribution < -0.4 is 20.7 Å². The Bertz CT molecular complexity index is 3800. The molecule has 9 aromatic carbocycles. The minimum atomic E-state index is -2.91. The Hall–Kier alpha value is -6.98. The van der Waals surface area contributed by atoms with Crippen molar-refractivity contribution in [2.45, 2.75) is 63.3 Å². The highest BCUT2D eigenvalue weighted by Crippen LogP contribution is 2.48. The van der Waals surface area contributed by atoms with Gasteiger partial charge in [-0.1, -0.05) is 196 Å². The summed E-state index contributed by atoms with van der Waals surface area (Å²) in [5.41, 5.74) is 8.12. The Balaban J connectivity index is 0.853. The zero-order valence-electron chi connectivity index (χ0n) is 39.6. The molecule has 0 bridgehead atoms. The Kier molecular flexibility index (Phi) is 10.3. The molecule has 3 aromatic heterocycles. The van der Waals surface area contributed by atoms with Crippen LogP contribution >= 0.6 is 11.3 Å². The van der Waals surface area contributed by atoms with Gasteiger partial charge in [0, 0.05) is 64.5 Å². The highest BCUT2D eigenvalue weighted by molar-refractivity contribution is 7.30. The van der Waals surface area contributed by atoms with Crippen molar-refractivity contribution in [3.05, 3.63) is 224 Å². The summed E-state index contributed by atoms with van der Waals surface area (Å²) in [6, 6.07) is 84.1. The number of thiophene rings is 1. The first-order valence-corrected chi connectivity index (χ1v) is 28.7. The maximum Gasteiger partial charge on any atom is 0.181 e. The molecule has 0 saturated heterocycles. The largest absolute Gasteiger partial charge is 0.337 e. The van der Waals surface area contributed by atoms with E-state index in [1.54, 1.807) is 0 Å². The monoisotopic (exact) mass is 936 g/mol. The number of benzene rings is 9. The van der Waals surface area contributed by atoms with E-state index >= 15 is 0 Å². The second-order valence-electron chi connectivity index (χ2n) is 20.6. The van der Waals surface area contributed by atoms with E-state index in [1.807, 2.05) is 11.3 Å². The van der Waals surface area contributed by atoms with Crippen LogP contribution in [0.3, 0.4) is 0 Å². The first-order chi connectivity index (χ1) is 34.7. The molecule has 0 amide bonds. The third-order valence-corrected chi connectivity index (χ3v) is 23.2. The molecule has 340 valence electrons. The number of aromatic nitrogens is 2. The summed E-state index contributed by atoms with van der Waals surface area (Å²) in [5.74, 6) is 2.13. The first-order valence-electron chi connectivity index (χ1n) is 25.9. The van der Waals surface area contributed by atoms with E-state index < -0.39 is 8.07 Å². The number of hydrogen-bond donors (Lipinski definition) is 0. The maximum atomic E-state index is 2.73. The Morgan fingerprint density at radius 3 is 1.69 bits per heavy atom. The van der Waals surface area contributed by atoms with Crippen LogP contribution in [0.4, 0.5) is 0 Å². The van der Waals surface area contributed by atoms with Gasteiger partial charge in [0.15, 0.2) is 8.07 Å². The molecule has 70 heavy (non-hydrogen) atoms. The van der Waals surface area contributed by atoms with Crippen molar-refractivity contribution in [1.82, 2.24) is 9.13 Å². The van der Waals surface area contributed by atoms with Crippen LogP contribution in [-0.4, -0.2) is 17.2 Å². The molecule has 0 N–H and O–H groups in total. The van der Waals surface area contributed by atoms with Gasteiger partial charge in [-0.3, -0.25) is 0 Å². The second-order valence-corrected chi connectivity index (χ2v) is 25.4. The summed E-state index contributed by atoms with van der Waals surface area (Å²) in [6.45, 7) is 0. The van der Waals surface area contributed by atoms with Crippen molar-refractivity contribution in [3.63, 3.8) is 0 Å². The number of rotatable bonds is 8. The summed E-state index contributed by atoms with van der Waals surface area (Å²) in [7, 11) is -2.91. The van der Waals surface area contributed by atoms with E-state index in [9.17, 15) is 0 Å². The molecular formula is C66H56N2SSi. The SMILES string of the molecule is c1ccc([Si](c2ccccc2)(c2cccc(-n3c4ccccc4c4cc(C5CCCC(C6CCCC(n7c8ccccc8c8ccccc87)C6)C5)ccc43)c2)c2cccc3c2sc2ccccc23)cc1. The second kappa shape index (κ2) is 17.2. The van der Waals surface area contributed by atoms with Crippen LogP contribution in [0, 0.1) is 11.8 Å². The zero-order chi connectivity index (χ0) is 46.2. The van der Waals surface area contributed by atoms with Gasteiger partial charge in [0.2, 0.25) is 0 Å². The molecule has 2 nitrogen and oxygen atoms in total. The summed E-state index contributed by atoms with van der Waals surface area (Å²) in [4.78, 5) is 0. The van der Waals surface area contributed by atoms with Crippen molar-refractivity contribution < 1.29 is 0 Å². The third-order valence-electron chi connectivity index (χ3n) is 17.0. The van der Waals surface area contributed by atoms with Crippen molar-refractivity contribution in [2.24, 2.45) is 11.8 Å². The van der Waals surface area contributed by atoms with Crippen LogP contribution in [0.15, 0.2) is 218 Å². The van der Waals surface area contributed by atoms with Crippen molar-refractivity contribution >= 4 is 104 Å². The van der Waals surface area contributed by atoms with Gasteiger partial charge in [0.05, 0.1) is 11.0 Å². The lowest BCUT2D eigenvalue weighted by Gasteiger charge is -2.40. The fraction of sp³-hybridized carbons (Fsp3) is 0.182. The maximum absolute atomic E-state index is 2.91. The quantitative estimate of drug-likeness (QED) is 0.106. The lowest BCUT2D eigenvalue weighted by molar-refractivity contribution is 0.155. The molecule has 3 heterocycles. The van der Waals surface area contributed by atoms with E-state index in [1.165, 1.54) is 147 Å². The van der Waals surface area contributed by atoms with Gasteiger partial charge in [-0.15, -0.1) is 11.3 Å². The third kappa shape index (κ3) is 6.63. The highest BCUT2D eigenvalue weighted by Gasteiger charge is 2.43. The van der Waals surface area contributed by atoms with Gasteiger partial charge in [-0.05, 0) is 118 Å². The number of nitrogens with zero attached hydrogens (tertiary/aromatic N) is 2. The van der Waals surface area contributed by atoms with Crippen LogP contribution in [0.5, 0.6) is 0 Å². The molecule has 4 atom stereocenters. The van der Waals surface area contributed by atoms with Gasteiger partial charge in [-0.2, -0.15) is 0 Å². The van der Waals surface area contributed by atoms with Crippen molar-refractivity contribution in [3.8, 4) is 5.69 Å². The molecule has 0 aliphatic heterocycles. The van der Waals surface area contributed by atoms with Crippen LogP contribution in [0.25, 0.3) is 69.5 Å². The van der Waals surface area contributed by atoms with Crippen LogP contribution in [-0.2, 0) is 0 Å². The minimum Gasteiger partial charge on any atom is -0.337 e. The smallest absolute Gasteiger partial charge is 0.181 e. The Morgan fingerprint density at radius 2 is 0.957 bits per heavy atom. The summed E-state index contributed by atoms with van der Waals surface area (Å²) >= 11 is 1.95. The molecule has 2 aliphatic rings. The molecule has 0 radical (unpaired) electrons. The predicted molar refractivity (Wildman–Crippen MR) is 302 cm³/mol. The molecule has 12 aromatic rings. The summed E-state index contributed by atoms with van der Waals surface area (Å²) in [6.07, 6.45) is 10.5. The average molecular weight is 937 g/mol. The van der Waals surface area contributed by atoms with Gasteiger partial charge in [0.25, 0.3) is 0 Å². The summed E-state index contributed by atoms with van der Waals surface area (Å²) < 4.78 is 8.03. The lowest BCUT2D eigenvalue weighted by Crippen LogP contribution is -2.74. The Labute approximate surface area is 415 Å². The highest BCUT2D eigenvalue weighted by atomic mass is 32.1. The van der Waals surface area contributed by atoms with Crippen molar-refractivity contribution in [1.29, 1.82) is 0 Å². The molecule has 2 saturated carbocycles. The predicted octanol–water partition coefficient (Wildman–Crippen LogP) is 15.3. The van der Waals surface area contributed by atoms with Crippen LogP contribution in [0.1, 0.15) is 68.9 Å². The lowest BCUT2D eigenvalue weighted by atomic mass is 9.68. The number of hydrogen-bond acceptors (Lipinski definition) is 1. The van der Waals surface area contributed by atoms with E-state index in [2.05, 4.69) is 228 Å². The van der Waals surface area contributed by atoms with E-state index in [0.717, 1.165) is 11.8 Å². The summed E-state index contributed by atoms with van der Waals surface area (Å²) in [5, 5.41) is 13.8. The fourth-order valence-corrected chi connectivity index (χ4v) is 20.5. The van der Waals surface area contributed by atoms with Gasteiger partial charge in [0.1, 0.15) is 0 Å². The molecule has 0 spiro atoms. The van der Waals surface area contributed by atoms with Crippen LogP contribution in [0.2, 0.25) is 0 Å². The molecule has 4 unspecified atom stereocenters. The first kappa shape index (κ1) is 41.9.